The fraction of sp³-hybridized carbons (Fsp3) is 0.500. The molecular weight excluding hydrogens is 116 g/mol. The van der Waals surface area contributed by atoms with E-state index in [1.165, 1.54) is 0 Å². The highest BCUT2D eigenvalue weighted by atomic mass is 16.5. The predicted molar refractivity (Wildman–Crippen MR) is 34.5 cm³/mol. The minimum absolute atomic E-state index is 0.829. The van der Waals surface area contributed by atoms with Crippen LogP contribution >= 0.6 is 0 Å². The Morgan fingerprint density at radius 2 is 2.33 bits per heavy atom. The Labute approximate surface area is 54.3 Å². The zero-order valence-electron chi connectivity index (χ0n) is 5.88. The molecule has 0 aliphatic rings. The summed E-state index contributed by atoms with van der Waals surface area (Å²) in [5.41, 5.74) is 0.931. The van der Waals surface area contributed by atoms with Gasteiger partial charge in [-0.1, -0.05) is 0 Å². The van der Waals surface area contributed by atoms with Gasteiger partial charge in [0.15, 0.2) is 0 Å². The lowest BCUT2D eigenvalue weighted by molar-refractivity contribution is 0.379. The van der Waals surface area contributed by atoms with Gasteiger partial charge in [0.1, 0.15) is 0 Å². The molecule has 0 aromatic carbocycles. The molecule has 1 aromatic heterocycles. The fourth-order valence-corrected chi connectivity index (χ4v) is 0.828. The van der Waals surface area contributed by atoms with Gasteiger partial charge >= 0.3 is 0 Å². The van der Waals surface area contributed by atoms with Crippen molar-refractivity contribution in [2.75, 3.05) is 7.11 Å². The van der Waals surface area contributed by atoms with Crippen LogP contribution in [0.15, 0.2) is 6.33 Å². The maximum absolute atomic E-state index is 5.02. The number of aromatic nitrogens is 2. The third kappa shape index (κ3) is 0.896. The van der Waals surface area contributed by atoms with Crippen molar-refractivity contribution in [2.24, 2.45) is 7.05 Å². The highest BCUT2D eigenvalue weighted by molar-refractivity contribution is 5.17. The maximum Gasteiger partial charge on any atom is 0.216 e. The predicted octanol–water partition coefficient (Wildman–Crippen LogP) is 0.737. The molecule has 0 radical (unpaired) electrons. The molecular formula is C6H10N2O. The summed E-state index contributed by atoms with van der Waals surface area (Å²) in [6.07, 6.45) is 1.73. The van der Waals surface area contributed by atoms with Crippen molar-refractivity contribution in [1.82, 2.24) is 9.55 Å². The van der Waals surface area contributed by atoms with E-state index in [4.69, 9.17) is 4.74 Å². The standard InChI is InChI=1S/C6H10N2O/c1-5-6(9-3)8(2)4-7-5/h4H,1-3H3. The van der Waals surface area contributed by atoms with E-state index in [1.54, 1.807) is 13.4 Å². The van der Waals surface area contributed by atoms with E-state index in [0.29, 0.717) is 0 Å². The Balaban J connectivity index is 3.07. The molecule has 3 heteroatoms. The molecule has 0 saturated carbocycles. The van der Waals surface area contributed by atoms with Crippen LogP contribution in [0.3, 0.4) is 0 Å². The van der Waals surface area contributed by atoms with E-state index in [1.807, 2.05) is 18.5 Å². The van der Waals surface area contributed by atoms with Gasteiger partial charge in [0.25, 0.3) is 0 Å². The molecule has 3 nitrogen and oxygen atoms in total. The van der Waals surface area contributed by atoms with Crippen molar-refractivity contribution >= 4 is 0 Å². The largest absolute Gasteiger partial charge is 0.481 e. The Hall–Kier alpha value is -0.990. The Bertz CT molecular complexity index is 185. The summed E-state index contributed by atoms with van der Waals surface area (Å²) in [5.74, 6) is 0.829. The molecule has 0 atom stereocenters. The molecule has 0 aliphatic carbocycles. The van der Waals surface area contributed by atoms with Crippen LogP contribution in [0.2, 0.25) is 0 Å². The van der Waals surface area contributed by atoms with Crippen LogP contribution in [0.5, 0.6) is 5.88 Å². The van der Waals surface area contributed by atoms with Crippen molar-refractivity contribution in [1.29, 1.82) is 0 Å². The van der Waals surface area contributed by atoms with Crippen molar-refractivity contribution in [3.8, 4) is 5.88 Å². The van der Waals surface area contributed by atoms with E-state index in [-0.39, 0.29) is 0 Å². The van der Waals surface area contributed by atoms with Crippen LogP contribution in [0.1, 0.15) is 5.69 Å². The monoisotopic (exact) mass is 126 g/mol. The van der Waals surface area contributed by atoms with Crippen LogP contribution in [-0.4, -0.2) is 16.7 Å². The molecule has 1 heterocycles. The lowest BCUT2D eigenvalue weighted by atomic mass is 10.5. The van der Waals surface area contributed by atoms with Gasteiger partial charge in [-0.25, -0.2) is 4.98 Å². The molecule has 0 bridgehead atoms. The number of imidazole rings is 1. The molecule has 1 aromatic rings. The molecule has 50 valence electrons. The number of nitrogens with zero attached hydrogens (tertiary/aromatic N) is 2. The summed E-state index contributed by atoms with van der Waals surface area (Å²) >= 11 is 0. The average Bonchev–Trinajstić information content (AvgIpc) is 2.12. The molecule has 0 unspecified atom stereocenters. The van der Waals surface area contributed by atoms with Crippen molar-refractivity contribution in [3.05, 3.63) is 12.0 Å². The van der Waals surface area contributed by atoms with E-state index >= 15 is 0 Å². The zero-order chi connectivity index (χ0) is 6.85. The number of methoxy groups -OCH3 is 1. The van der Waals surface area contributed by atoms with Crippen molar-refractivity contribution < 1.29 is 4.74 Å². The van der Waals surface area contributed by atoms with Crippen LogP contribution < -0.4 is 4.74 Å². The summed E-state index contributed by atoms with van der Waals surface area (Å²) in [5, 5.41) is 0. The maximum atomic E-state index is 5.02. The molecule has 0 amide bonds. The third-order valence-corrected chi connectivity index (χ3v) is 1.25. The van der Waals surface area contributed by atoms with E-state index in [0.717, 1.165) is 11.6 Å². The van der Waals surface area contributed by atoms with Crippen molar-refractivity contribution in [3.63, 3.8) is 0 Å². The zero-order valence-corrected chi connectivity index (χ0v) is 5.88. The Kier molecular flexibility index (Phi) is 1.42. The number of hydrogen-bond donors (Lipinski definition) is 0. The van der Waals surface area contributed by atoms with Crippen LogP contribution in [0.4, 0.5) is 0 Å². The number of aryl methyl sites for hydroxylation is 2. The second-order valence-electron chi connectivity index (χ2n) is 1.95. The lowest BCUT2D eigenvalue weighted by Crippen LogP contribution is -1.92. The second kappa shape index (κ2) is 2.09. The Morgan fingerprint density at radius 3 is 2.56 bits per heavy atom. The van der Waals surface area contributed by atoms with Gasteiger partial charge in [0, 0.05) is 7.05 Å². The lowest BCUT2D eigenvalue weighted by Gasteiger charge is -1.98. The topological polar surface area (TPSA) is 27.1 Å². The highest BCUT2D eigenvalue weighted by Gasteiger charge is 2.00. The van der Waals surface area contributed by atoms with Gasteiger partial charge in [-0.05, 0) is 6.92 Å². The quantitative estimate of drug-likeness (QED) is 0.555. The fourth-order valence-electron chi connectivity index (χ4n) is 0.828. The van der Waals surface area contributed by atoms with Gasteiger partial charge in [0.05, 0.1) is 19.1 Å². The average molecular weight is 126 g/mol. The van der Waals surface area contributed by atoms with Gasteiger partial charge in [-0.3, -0.25) is 0 Å². The number of ether oxygens (including phenoxy) is 1. The van der Waals surface area contributed by atoms with E-state index in [9.17, 15) is 0 Å². The molecule has 0 fully saturated rings. The van der Waals surface area contributed by atoms with Crippen LogP contribution in [0, 0.1) is 6.92 Å². The van der Waals surface area contributed by atoms with E-state index < -0.39 is 0 Å². The molecule has 0 spiro atoms. The summed E-state index contributed by atoms with van der Waals surface area (Å²) in [7, 11) is 3.54. The molecule has 0 N–H and O–H groups in total. The van der Waals surface area contributed by atoms with Crippen molar-refractivity contribution in [2.45, 2.75) is 6.92 Å². The second-order valence-corrected chi connectivity index (χ2v) is 1.95. The number of hydrogen-bond acceptors (Lipinski definition) is 2. The van der Waals surface area contributed by atoms with E-state index in [2.05, 4.69) is 4.98 Å². The van der Waals surface area contributed by atoms with Gasteiger partial charge in [-0.15, -0.1) is 0 Å². The minimum atomic E-state index is 0.829. The smallest absolute Gasteiger partial charge is 0.216 e. The first-order valence-corrected chi connectivity index (χ1v) is 2.77. The summed E-state index contributed by atoms with van der Waals surface area (Å²) in [6, 6.07) is 0. The molecule has 9 heavy (non-hydrogen) atoms. The number of rotatable bonds is 1. The first-order valence-electron chi connectivity index (χ1n) is 2.77. The van der Waals surface area contributed by atoms with Gasteiger partial charge < -0.3 is 9.30 Å². The van der Waals surface area contributed by atoms with Gasteiger partial charge in [0.2, 0.25) is 5.88 Å². The first kappa shape index (κ1) is 6.13. The summed E-state index contributed by atoms with van der Waals surface area (Å²) < 4.78 is 6.86. The van der Waals surface area contributed by atoms with Crippen LogP contribution in [-0.2, 0) is 7.05 Å². The third-order valence-electron chi connectivity index (χ3n) is 1.25. The van der Waals surface area contributed by atoms with Crippen LogP contribution in [0.25, 0.3) is 0 Å². The first-order chi connectivity index (χ1) is 4.25. The molecule has 0 aliphatic heterocycles. The normalized spacial score (nSPS) is 9.67. The SMILES string of the molecule is COc1c(C)ncn1C. The minimum Gasteiger partial charge on any atom is -0.481 e. The molecule has 1 rings (SSSR count). The highest BCUT2D eigenvalue weighted by Crippen LogP contribution is 2.12. The summed E-state index contributed by atoms with van der Waals surface area (Å²) in [4.78, 5) is 4.02. The Morgan fingerprint density at radius 1 is 1.67 bits per heavy atom. The summed E-state index contributed by atoms with van der Waals surface area (Å²) in [6.45, 7) is 1.92. The van der Waals surface area contributed by atoms with Gasteiger partial charge in [-0.2, -0.15) is 0 Å². The molecule has 0 saturated heterocycles.